The van der Waals surface area contributed by atoms with E-state index in [1.54, 1.807) is 6.92 Å². The lowest BCUT2D eigenvalue weighted by Gasteiger charge is -2.36. The number of rotatable bonds is 6. The number of cyclic esters (lactones) is 1. The molecule has 0 spiro atoms. The van der Waals surface area contributed by atoms with Crippen molar-refractivity contribution < 1.29 is 33.5 Å². The van der Waals surface area contributed by atoms with Crippen LogP contribution in [0.15, 0.2) is 43.0 Å². The summed E-state index contributed by atoms with van der Waals surface area (Å²) in [6.07, 6.45) is 1.82. The predicted octanol–water partition coefficient (Wildman–Crippen LogP) is 1.43. The number of hydrogen-bond donors (Lipinski definition) is 2. The number of esters is 1. The van der Waals surface area contributed by atoms with Crippen LogP contribution in [0.4, 0.5) is 0 Å². The van der Waals surface area contributed by atoms with Crippen molar-refractivity contribution in [3.63, 3.8) is 0 Å². The van der Waals surface area contributed by atoms with Gasteiger partial charge < -0.3 is 30.1 Å². The fraction of sp³-hybridized carbons (Fsp3) is 0.576. The molecule has 12 nitrogen and oxygen atoms in total. The average Bonchev–Trinajstić information content (AvgIpc) is 3.54. The molecule has 6 atom stereocenters. The first-order chi connectivity index (χ1) is 21.4. The zero-order valence-electron chi connectivity index (χ0n) is 27.0. The third kappa shape index (κ3) is 8.70. The third-order valence-electron chi connectivity index (χ3n) is 8.85. The number of nitrogens with zero attached hydrogens (tertiary/aromatic N) is 3. The summed E-state index contributed by atoms with van der Waals surface area (Å²) in [6, 6.07) is 5.50. The zero-order chi connectivity index (χ0) is 33.3. The Morgan fingerprint density at radius 3 is 2.33 bits per heavy atom. The fourth-order valence-electron chi connectivity index (χ4n) is 5.63. The molecule has 2 aliphatic rings. The molecule has 2 N–H and O–H groups in total. The van der Waals surface area contributed by atoms with Gasteiger partial charge in [-0.25, -0.2) is 0 Å². The smallest absolute Gasteiger partial charge is 0.308 e. The van der Waals surface area contributed by atoms with Gasteiger partial charge in [-0.2, -0.15) is 0 Å². The van der Waals surface area contributed by atoms with Crippen LogP contribution < -0.4 is 10.6 Å². The second kappa shape index (κ2) is 16.2. The minimum Gasteiger partial charge on any atom is -0.452 e. The molecule has 0 bridgehead atoms. The van der Waals surface area contributed by atoms with Gasteiger partial charge in [-0.05, 0) is 31.2 Å². The van der Waals surface area contributed by atoms with E-state index in [-0.39, 0.29) is 38.3 Å². The first-order valence-electron chi connectivity index (χ1n) is 15.7. The first kappa shape index (κ1) is 35.3. The lowest BCUT2D eigenvalue weighted by atomic mass is 9.95. The summed E-state index contributed by atoms with van der Waals surface area (Å²) >= 11 is 0. The molecule has 45 heavy (non-hydrogen) atoms. The number of hydrogen-bond acceptors (Lipinski definition) is 7. The third-order valence-corrected chi connectivity index (χ3v) is 8.85. The number of ether oxygens (including phenoxy) is 1. The highest BCUT2D eigenvalue weighted by Crippen LogP contribution is 2.23. The molecule has 246 valence electrons. The molecule has 0 radical (unpaired) electrons. The van der Waals surface area contributed by atoms with Crippen LogP contribution in [-0.4, -0.2) is 108 Å². The highest BCUT2D eigenvalue weighted by Gasteiger charge is 2.42. The highest BCUT2D eigenvalue weighted by molar-refractivity contribution is 5.96. The predicted molar refractivity (Wildman–Crippen MR) is 167 cm³/mol. The van der Waals surface area contributed by atoms with E-state index in [4.69, 9.17) is 4.74 Å². The molecule has 1 aromatic carbocycles. The van der Waals surface area contributed by atoms with Gasteiger partial charge in [0.2, 0.25) is 23.6 Å². The lowest BCUT2D eigenvalue weighted by Crippen LogP contribution is -2.60. The monoisotopic (exact) mass is 625 g/mol. The van der Waals surface area contributed by atoms with Gasteiger partial charge in [0.25, 0.3) is 5.91 Å². The summed E-state index contributed by atoms with van der Waals surface area (Å²) in [5, 5.41) is 5.55. The molecule has 3 rings (SSSR count). The number of carbonyl (C=O) groups excluding carboxylic acids is 6. The van der Waals surface area contributed by atoms with Gasteiger partial charge in [-0.1, -0.05) is 56.7 Å². The number of likely N-dealkylation sites (N-methyl/N-ethyl adjacent to an activating group) is 2. The molecular weight excluding hydrogens is 578 g/mol. The second-order valence-corrected chi connectivity index (χ2v) is 11.9. The maximum Gasteiger partial charge on any atom is 0.308 e. The highest BCUT2D eigenvalue weighted by atomic mass is 16.5. The SMILES string of the molecule is C=CCC1OC(=O)CCNC(=O)[C@H](C)N(C)C(=O)[C@H](Cc2ccccc2)N(C)C(=O)[C@H]([C@@H](C)CC)NC(=O)[C@@H]2CCCN2C1=O. The topological polar surface area (TPSA) is 145 Å². The summed E-state index contributed by atoms with van der Waals surface area (Å²) in [4.78, 5) is 85.2. The van der Waals surface area contributed by atoms with Crippen LogP contribution in [0.25, 0.3) is 0 Å². The average molecular weight is 626 g/mol. The van der Waals surface area contributed by atoms with Crippen LogP contribution in [0.2, 0.25) is 0 Å². The Labute approximate surface area is 265 Å². The van der Waals surface area contributed by atoms with Crippen molar-refractivity contribution in [3.8, 4) is 0 Å². The molecule has 2 fully saturated rings. The molecule has 1 unspecified atom stereocenters. The van der Waals surface area contributed by atoms with Crippen molar-refractivity contribution in [2.24, 2.45) is 5.92 Å². The number of amides is 5. The number of nitrogens with one attached hydrogen (secondary N) is 2. The molecule has 0 aliphatic carbocycles. The van der Waals surface area contributed by atoms with E-state index in [1.807, 2.05) is 44.2 Å². The minimum absolute atomic E-state index is 0.0489. The van der Waals surface area contributed by atoms with Crippen LogP contribution in [0.3, 0.4) is 0 Å². The van der Waals surface area contributed by atoms with E-state index in [1.165, 1.54) is 34.9 Å². The largest absolute Gasteiger partial charge is 0.452 e. The van der Waals surface area contributed by atoms with E-state index in [0.29, 0.717) is 19.3 Å². The Bertz CT molecular complexity index is 1260. The Balaban J connectivity index is 2.04. The fourth-order valence-corrected chi connectivity index (χ4v) is 5.63. The molecule has 1 aromatic rings. The van der Waals surface area contributed by atoms with Gasteiger partial charge in [-0.3, -0.25) is 28.8 Å². The van der Waals surface area contributed by atoms with Gasteiger partial charge in [0.1, 0.15) is 24.2 Å². The summed E-state index contributed by atoms with van der Waals surface area (Å²) in [6.45, 7) is 9.19. The van der Waals surface area contributed by atoms with Crippen molar-refractivity contribution in [1.82, 2.24) is 25.3 Å². The van der Waals surface area contributed by atoms with Crippen molar-refractivity contribution in [2.75, 3.05) is 27.2 Å². The van der Waals surface area contributed by atoms with Gasteiger partial charge in [0, 0.05) is 40.0 Å². The number of benzene rings is 1. The number of carbonyl (C=O) groups is 6. The van der Waals surface area contributed by atoms with E-state index in [2.05, 4.69) is 17.2 Å². The van der Waals surface area contributed by atoms with Crippen molar-refractivity contribution >= 4 is 35.5 Å². The van der Waals surface area contributed by atoms with Gasteiger partial charge >= 0.3 is 5.97 Å². The van der Waals surface area contributed by atoms with E-state index in [0.717, 1.165) is 5.56 Å². The van der Waals surface area contributed by atoms with Crippen LogP contribution in [0.1, 0.15) is 58.4 Å². The van der Waals surface area contributed by atoms with E-state index < -0.39 is 65.8 Å². The van der Waals surface area contributed by atoms with Crippen LogP contribution in [0, 0.1) is 5.92 Å². The molecule has 0 saturated carbocycles. The Morgan fingerprint density at radius 2 is 1.69 bits per heavy atom. The summed E-state index contributed by atoms with van der Waals surface area (Å²) in [7, 11) is 3.03. The molecule has 2 saturated heterocycles. The van der Waals surface area contributed by atoms with E-state index in [9.17, 15) is 28.8 Å². The molecule has 2 aliphatic heterocycles. The molecule has 2 heterocycles. The lowest BCUT2D eigenvalue weighted by molar-refractivity contribution is -0.161. The van der Waals surface area contributed by atoms with E-state index >= 15 is 0 Å². The van der Waals surface area contributed by atoms with Crippen molar-refractivity contribution in [1.29, 1.82) is 0 Å². The second-order valence-electron chi connectivity index (χ2n) is 11.9. The Kier molecular flexibility index (Phi) is 12.7. The maximum atomic E-state index is 14.2. The van der Waals surface area contributed by atoms with Crippen molar-refractivity contribution in [3.05, 3.63) is 48.6 Å². The Hall–Kier alpha value is -4.22. The van der Waals surface area contributed by atoms with Gasteiger partial charge in [-0.15, -0.1) is 6.58 Å². The van der Waals surface area contributed by atoms with Crippen LogP contribution in [0.5, 0.6) is 0 Å². The summed E-state index contributed by atoms with van der Waals surface area (Å²) in [5.74, 6) is -3.40. The summed E-state index contributed by atoms with van der Waals surface area (Å²) < 4.78 is 5.48. The number of fused-ring (bicyclic) bond motifs is 1. The minimum atomic E-state index is -1.18. The quantitative estimate of drug-likeness (QED) is 0.359. The van der Waals surface area contributed by atoms with Crippen molar-refractivity contribution in [2.45, 2.75) is 89.6 Å². The maximum absolute atomic E-state index is 14.2. The standard InChI is InChI=1S/C33H47N5O7/c1-7-13-26-32(43)38-19-12-16-24(38)30(41)35-28(21(3)8-2)33(44)37(6)25(20-23-14-10-9-11-15-23)31(42)36(5)22(4)29(40)34-18-17-27(39)45-26/h7,9-11,14-15,21-22,24-26,28H,1,8,12-13,16-20H2,2-6H3,(H,34,40)(H,35,41)/t21-,22-,24-,25-,26?,28-/m0/s1. The Morgan fingerprint density at radius 1 is 1.00 bits per heavy atom. The molecule has 5 amide bonds. The van der Waals surface area contributed by atoms with Crippen LogP contribution in [-0.2, 0) is 39.9 Å². The summed E-state index contributed by atoms with van der Waals surface area (Å²) in [5.41, 5.74) is 0.816. The van der Waals surface area contributed by atoms with Gasteiger partial charge in [0.15, 0.2) is 6.10 Å². The molecular formula is C33H47N5O7. The normalized spacial score (nSPS) is 27.0. The van der Waals surface area contributed by atoms with Gasteiger partial charge in [0.05, 0.1) is 6.42 Å². The van der Waals surface area contributed by atoms with Crippen LogP contribution >= 0.6 is 0 Å². The molecule has 0 aromatic heterocycles. The molecule has 12 heteroatoms. The first-order valence-corrected chi connectivity index (χ1v) is 15.7. The zero-order valence-corrected chi connectivity index (χ0v) is 27.0.